The molecule has 0 radical (unpaired) electrons. The van der Waals surface area contributed by atoms with E-state index in [-0.39, 0.29) is 88.7 Å². The smallest absolute Gasteiger partial charge is 0.807 e. The van der Waals surface area contributed by atoms with Crippen LogP contribution in [0.3, 0.4) is 0 Å². The molecule has 1 fully saturated rings. The molecule has 2 heterocycles. The maximum Gasteiger partial charge on any atom is 1.00 e. The molecule has 0 saturated carbocycles. The van der Waals surface area contributed by atoms with Crippen LogP contribution in [0, 0.1) is 0 Å². The summed E-state index contributed by atoms with van der Waals surface area (Å²) in [5, 5.41) is 24.6. The number of likely N-dealkylation sites (tertiary alicyclic amines) is 1. The van der Waals surface area contributed by atoms with Crippen LogP contribution < -0.4 is 104 Å². The quantitative estimate of drug-likeness (QED) is 0.165. The molecule has 0 atom stereocenters. The molecule has 2 aliphatic rings. The minimum Gasteiger partial charge on any atom is -0.807 e. The number of carboxylic acids is 2. The summed E-state index contributed by atoms with van der Waals surface area (Å²) in [6.45, 7) is 2.35. The predicted molar refractivity (Wildman–Crippen MR) is 127 cm³/mol. The Morgan fingerprint density at radius 1 is 0.846 bits per heavy atom. The summed E-state index contributed by atoms with van der Waals surface area (Å²) in [5.41, 5.74) is 3.44. The molecule has 1 saturated heterocycles. The first-order chi connectivity index (χ1) is 16.9. The number of nitrogens with zero attached hydrogens (tertiary/aromatic N) is 1. The van der Waals surface area contributed by atoms with E-state index in [1.54, 1.807) is 5.57 Å². The van der Waals surface area contributed by atoms with Gasteiger partial charge in [0.2, 0.25) is 0 Å². The van der Waals surface area contributed by atoms with E-state index in [2.05, 4.69) is 60.5 Å². The van der Waals surface area contributed by atoms with Crippen LogP contribution in [0.25, 0.3) is 5.57 Å². The fourth-order valence-corrected chi connectivity index (χ4v) is 4.54. The average Bonchev–Trinajstić information content (AvgIpc) is 2.82. The second-order valence-corrected chi connectivity index (χ2v) is 10.1. The van der Waals surface area contributed by atoms with Crippen LogP contribution in [0.1, 0.15) is 24.0 Å². The molecular formula is C24H23NNa3O9PS. The number of carbonyl (C=O) groups is 3. The maximum atomic E-state index is 9.55. The molecular weight excluding hydrogens is 578 g/mol. The van der Waals surface area contributed by atoms with Gasteiger partial charge in [-0.1, -0.05) is 53.7 Å². The van der Waals surface area contributed by atoms with Crippen LogP contribution in [0.4, 0.5) is 4.79 Å². The third-order valence-corrected chi connectivity index (χ3v) is 6.67. The summed E-state index contributed by atoms with van der Waals surface area (Å²) >= 11 is 1.91. The molecule has 15 heteroatoms. The second kappa shape index (κ2) is 19.8. The second-order valence-electron chi connectivity index (χ2n) is 7.65. The van der Waals surface area contributed by atoms with Crippen molar-refractivity contribution in [1.29, 1.82) is 0 Å². The zero-order chi connectivity index (χ0) is 26.9. The molecule has 10 nitrogen and oxygen atoms in total. The molecule has 4 rings (SSSR count). The third-order valence-electron chi connectivity index (χ3n) is 5.07. The van der Waals surface area contributed by atoms with Crippen LogP contribution in [-0.2, 0) is 14.2 Å². The molecule has 0 unspecified atom stereocenters. The van der Waals surface area contributed by atoms with Crippen LogP contribution in [0.15, 0.2) is 76.0 Å². The fourth-order valence-electron chi connectivity index (χ4n) is 3.45. The summed E-state index contributed by atoms with van der Waals surface area (Å²) in [5.74, 6) is -2.51. The molecule has 2 aliphatic heterocycles. The van der Waals surface area contributed by atoms with E-state index in [9.17, 15) is 9.59 Å². The molecule has 2 N–H and O–H groups in total. The number of carbonyl (C=O) groups excluding carboxylic acids is 1. The van der Waals surface area contributed by atoms with Crippen molar-refractivity contribution in [2.75, 3.05) is 20.1 Å². The van der Waals surface area contributed by atoms with E-state index in [1.807, 2.05) is 11.8 Å². The van der Waals surface area contributed by atoms with Crippen LogP contribution in [0.5, 0.6) is 0 Å². The maximum absolute atomic E-state index is 9.55. The van der Waals surface area contributed by atoms with Gasteiger partial charge in [0.05, 0.1) is 5.71 Å². The monoisotopic (exact) mass is 601 g/mol. The Hall–Kier alpha value is -0.210. The van der Waals surface area contributed by atoms with Crippen molar-refractivity contribution in [3.63, 3.8) is 0 Å². The van der Waals surface area contributed by atoms with Gasteiger partial charge in [-0.15, -0.1) is 0 Å². The topological polar surface area (TPSA) is 181 Å². The Morgan fingerprint density at radius 3 is 1.54 bits per heavy atom. The molecule has 39 heavy (non-hydrogen) atoms. The van der Waals surface area contributed by atoms with Gasteiger partial charge in [0.25, 0.3) is 0 Å². The predicted octanol–water partition coefficient (Wildman–Crippen LogP) is -7.35. The van der Waals surface area contributed by atoms with Crippen molar-refractivity contribution in [3.05, 3.63) is 77.4 Å². The Kier molecular flexibility index (Phi) is 20.8. The number of aliphatic carboxylic acids is 2. The van der Waals surface area contributed by atoms with Crippen molar-refractivity contribution in [1.82, 2.24) is 4.90 Å². The van der Waals surface area contributed by atoms with Crippen molar-refractivity contribution in [2.24, 2.45) is 0 Å². The summed E-state index contributed by atoms with van der Waals surface area (Å²) in [7, 11) is -3.21. The van der Waals surface area contributed by atoms with Crippen LogP contribution in [-0.4, -0.2) is 52.9 Å². The summed E-state index contributed by atoms with van der Waals surface area (Å²) < 4.78 is 9.14. The van der Waals surface area contributed by atoms with Crippen molar-refractivity contribution in [2.45, 2.75) is 22.6 Å². The summed E-state index contributed by atoms with van der Waals surface area (Å²) in [4.78, 5) is 51.6. The minimum absolute atomic E-state index is 0. The number of rotatable bonds is 3. The molecule has 192 valence electrons. The Bertz CT molecular complexity index is 1180. The largest absolute Gasteiger partial charge is 1.00 e. The number of hydrogen-bond acceptors (Lipinski definition) is 9. The Balaban J connectivity index is 0. The van der Waals surface area contributed by atoms with E-state index in [0.717, 1.165) is 0 Å². The van der Waals surface area contributed by atoms with Gasteiger partial charge in [-0.2, -0.15) is 0 Å². The molecule has 0 amide bonds. The van der Waals surface area contributed by atoms with Gasteiger partial charge in [0.1, 0.15) is 0 Å². The van der Waals surface area contributed by atoms with E-state index >= 15 is 0 Å². The normalized spacial score (nSPS) is 13.8. The van der Waals surface area contributed by atoms with Gasteiger partial charge in [-0.3, -0.25) is 0 Å². The van der Waals surface area contributed by atoms with Crippen molar-refractivity contribution >= 4 is 42.6 Å². The first kappa shape index (κ1) is 40.9. The molecule has 2 aromatic carbocycles. The summed E-state index contributed by atoms with van der Waals surface area (Å²) in [6.07, 6.45) is 3.50. The number of carboxylic acid groups (broad SMARTS) is 3. The zero-order valence-electron chi connectivity index (χ0n) is 22.2. The van der Waals surface area contributed by atoms with E-state index in [4.69, 9.17) is 34.5 Å². The molecule has 0 bridgehead atoms. The Labute approximate surface area is 297 Å². The number of hydrogen-bond donors (Lipinski definition) is 2. The molecule has 0 aliphatic carbocycles. The van der Waals surface area contributed by atoms with Gasteiger partial charge < -0.3 is 39.4 Å². The van der Waals surface area contributed by atoms with E-state index < -0.39 is 25.2 Å². The fraction of sp³-hybridized carbons (Fsp3) is 0.208. The van der Waals surface area contributed by atoms with Crippen LogP contribution in [0.2, 0.25) is 0 Å². The number of benzene rings is 2. The van der Waals surface area contributed by atoms with Gasteiger partial charge in [0, 0.05) is 35.0 Å². The first-order valence-electron chi connectivity index (χ1n) is 10.5. The van der Waals surface area contributed by atoms with Gasteiger partial charge in [-0.05, 0) is 56.3 Å². The van der Waals surface area contributed by atoms with Gasteiger partial charge >= 0.3 is 101 Å². The van der Waals surface area contributed by atoms with Crippen molar-refractivity contribution < 1.29 is 133 Å². The number of piperidine rings is 1. The van der Waals surface area contributed by atoms with E-state index in [1.165, 1.54) is 52.4 Å². The SMILES string of the molecule is CN1CCC(=C2c3ccccc3Sc3ccccc32)CC1.O=C(O)C=CC(=O)O.O=C([O-])P(=O)([O-])[O-].[Na+].[Na+].[Na+]. The molecule has 2 aromatic rings. The van der Waals surface area contributed by atoms with Crippen molar-refractivity contribution in [3.8, 4) is 0 Å². The zero-order valence-corrected chi connectivity index (χ0v) is 29.9. The Morgan fingerprint density at radius 2 is 1.21 bits per heavy atom. The van der Waals surface area contributed by atoms with Crippen LogP contribution >= 0.6 is 19.4 Å². The number of fused-ring (bicyclic) bond motifs is 2. The van der Waals surface area contributed by atoms with Gasteiger partial charge in [0.15, 0.2) is 0 Å². The first-order valence-corrected chi connectivity index (χ1v) is 12.9. The molecule has 0 spiro atoms. The molecule has 0 aromatic heterocycles. The average molecular weight is 601 g/mol. The minimum atomic E-state index is -5.43. The van der Waals surface area contributed by atoms with Gasteiger partial charge in [-0.25, -0.2) is 9.59 Å². The standard InChI is InChI=1S/C19H19NS.C4H4O4.CH3O5P.3Na/c1-20-12-10-14(11-13-20)19-15-6-2-4-8-17(15)21-18-9-5-3-7-16(18)19;5-3(6)1-2-4(7)8;2-1(3)7(4,5)6;;;/h2-9H,10-13H2,1H3;1-2H,(H,5,6)(H,7,8);(H,2,3)(H2,4,5,6);;;/q;;;3*+1/p-3. The third kappa shape index (κ3) is 14.0. The summed E-state index contributed by atoms with van der Waals surface area (Å²) in [6, 6.07) is 17.7. The van der Waals surface area contributed by atoms with E-state index in [0.29, 0.717) is 12.2 Å².